The molecule has 4 nitrogen and oxygen atoms in total. The number of para-hydroxylation sites is 2. The van der Waals surface area contributed by atoms with Gasteiger partial charge in [0.05, 0.1) is 23.1 Å². The van der Waals surface area contributed by atoms with Gasteiger partial charge < -0.3 is 9.47 Å². The van der Waals surface area contributed by atoms with Gasteiger partial charge in [-0.05, 0) is 78.8 Å². The maximum atomic E-state index is 5.06. The van der Waals surface area contributed by atoms with Crippen molar-refractivity contribution < 1.29 is 0 Å². The molecular weight excluding hydrogens is 609 g/mol. The van der Waals surface area contributed by atoms with E-state index in [4.69, 9.17) is 9.98 Å². The van der Waals surface area contributed by atoms with Gasteiger partial charge >= 0.3 is 0 Å². The molecule has 2 heterocycles. The summed E-state index contributed by atoms with van der Waals surface area (Å²) < 4.78 is 2.18. The van der Waals surface area contributed by atoms with E-state index in [9.17, 15) is 0 Å². The van der Waals surface area contributed by atoms with Crippen LogP contribution in [0.4, 0.5) is 0 Å². The Kier molecular flexibility index (Phi) is 6.40. The Hall–Kier alpha value is -6.26. The normalized spacial score (nSPS) is 16.9. The number of amidine groups is 1. The van der Waals surface area contributed by atoms with Gasteiger partial charge in [-0.2, -0.15) is 0 Å². The molecule has 1 aromatic heterocycles. The first-order valence-electron chi connectivity index (χ1n) is 17.3. The smallest absolute Gasteiger partial charge is 0.140 e. The Bertz CT molecular complexity index is 2730. The highest BCUT2D eigenvalue weighted by Crippen LogP contribution is 2.42. The second kappa shape index (κ2) is 11.1. The zero-order valence-corrected chi connectivity index (χ0v) is 28.0. The van der Waals surface area contributed by atoms with Crippen LogP contribution in [0.25, 0.3) is 77.0 Å². The summed E-state index contributed by atoms with van der Waals surface area (Å²) in [6.07, 6.45) is 8.66. The van der Waals surface area contributed by atoms with Gasteiger partial charge in [-0.15, -0.1) is 0 Å². The Labute approximate surface area is 291 Å². The molecule has 0 radical (unpaired) electrons. The predicted molar refractivity (Wildman–Crippen MR) is 210 cm³/mol. The first-order chi connectivity index (χ1) is 24.6. The summed E-state index contributed by atoms with van der Waals surface area (Å²) in [5.74, 6) is 2.02. The van der Waals surface area contributed by atoms with Crippen LogP contribution in [0.1, 0.15) is 5.56 Å². The van der Waals surface area contributed by atoms with E-state index in [0.29, 0.717) is 0 Å². The van der Waals surface area contributed by atoms with Crippen LogP contribution in [0.3, 0.4) is 0 Å². The van der Waals surface area contributed by atoms with Crippen LogP contribution in [0, 0.1) is 0 Å². The predicted octanol–water partition coefficient (Wildman–Crippen LogP) is 10.6. The van der Waals surface area contributed by atoms with Crippen LogP contribution in [0.15, 0.2) is 163 Å². The first kappa shape index (κ1) is 28.7. The lowest BCUT2D eigenvalue weighted by Gasteiger charge is -2.24. The number of aryl methyl sites for hydroxylation is 1. The molecule has 0 saturated heterocycles. The summed E-state index contributed by atoms with van der Waals surface area (Å²) in [5.41, 5.74) is 9.26. The van der Waals surface area contributed by atoms with Gasteiger partial charge in [-0.25, -0.2) is 4.98 Å². The van der Waals surface area contributed by atoms with E-state index in [1.54, 1.807) is 0 Å². The number of aromatic nitrogens is 2. The third-order valence-corrected chi connectivity index (χ3v) is 10.7. The van der Waals surface area contributed by atoms with Gasteiger partial charge in [0.2, 0.25) is 0 Å². The van der Waals surface area contributed by atoms with Gasteiger partial charge in [0, 0.05) is 25.2 Å². The number of hydrogen-bond acceptors (Lipinski definition) is 3. The van der Waals surface area contributed by atoms with Gasteiger partial charge in [0.1, 0.15) is 11.7 Å². The molecule has 0 spiro atoms. The van der Waals surface area contributed by atoms with Crippen LogP contribution in [0.5, 0.6) is 0 Å². The van der Waals surface area contributed by atoms with Crippen molar-refractivity contribution >= 4 is 49.2 Å². The molecular formula is C46H34N4. The summed E-state index contributed by atoms with van der Waals surface area (Å²) in [6, 6.07) is 49.1. The fraction of sp³-hybridized carbons (Fsp3) is 0.0870. The summed E-state index contributed by atoms with van der Waals surface area (Å²) in [4.78, 5) is 12.3. The first-order valence-corrected chi connectivity index (χ1v) is 17.3. The molecule has 50 heavy (non-hydrogen) atoms. The van der Waals surface area contributed by atoms with Gasteiger partial charge in [-0.3, -0.25) is 4.99 Å². The fourth-order valence-electron chi connectivity index (χ4n) is 8.17. The Morgan fingerprint density at radius 3 is 1.70 bits per heavy atom. The van der Waals surface area contributed by atoms with Crippen LogP contribution in [0.2, 0.25) is 0 Å². The molecule has 8 aromatic rings. The van der Waals surface area contributed by atoms with Crippen molar-refractivity contribution in [2.75, 3.05) is 7.05 Å². The molecule has 2 unspecified atom stereocenters. The van der Waals surface area contributed by atoms with Gasteiger partial charge in [-0.1, -0.05) is 133 Å². The Balaban J connectivity index is 1.10. The molecule has 10 rings (SSSR count). The monoisotopic (exact) mass is 642 g/mol. The molecule has 0 saturated carbocycles. The van der Waals surface area contributed by atoms with Crippen molar-refractivity contribution in [1.82, 2.24) is 14.5 Å². The van der Waals surface area contributed by atoms with E-state index in [1.165, 1.54) is 54.6 Å². The SMILES string of the molecule is CN1C(c2ccc(-c3cc4cc(-c5ccc(-c6nc7ccccc7n6C)cc5)c5ccccc5c4c4ccccc34)cc2)=NC2C=CC=CC21. The van der Waals surface area contributed by atoms with E-state index in [0.717, 1.165) is 33.8 Å². The van der Waals surface area contributed by atoms with Crippen molar-refractivity contribution in [3.05, 3.63) is 163 Å². The highest BCUT2D eigenvalue weighted by molar-refractivity contribution is 6.25. The average Bonchev–Trinajstić information content (AvgIpc) is 3.70. The molecule has 0 bridgehead atoms. The van der Waals surface area contributed by atoms with Crippen LogP contribution < -0.4 is 0 Å². The number of nitrogens with zero attached hydrogens (tertiary/aromatic N) is 4. The highest BCUT2D eigenvalue weighted by Gasteiger charge is 2.31. The van der Waals surface area contributed by atoms with E-state index in [1.807, 2.05) is 6.07 Å². The lowest BCUT2D eigenvalue weighted by atomic mass is 9.87. The van der Waals surface area contributed by atoms with Gasteiger partial charge in [0.25, 0.3) is 0 Å². The molecule has 7 aromatic carbocycles. The van der Waals surface area contributed by atoms with E-state index < -0.39 is 0 Å². The topological polar surface area (TPSA) is 33.4 Å². The summed E-state index contributed by atoms with van der Waals surface area (Å²) in [6.45, 7) is 0. The van der Waals surface area contributed by atoms with Crippen molar-refractivity contribution in [3.63, 3.8) is 0 Å². The molecule has 1 aliphatic carbocycles. The summed E-state index contributed by atoms with van der Waals surface area (Å²) in [7, 11) is 4.24. The number of rotatable bonds is 4. The molecule has 1 aliphatic heterocycles. The third-order valence-electron chi connectivity index (χ3n) is 10.7. The van der Waals surface area contributed by atoms with Crippen LogP contribution >= 0.6 is 0 Å². The van der Waals surface area contributed by atoms with Crippen molar-refractivity contribution in [1.29, 1.82) is 0 Å². The minimum Gasteiger partial charge on any atom is -0.351 e. The third kappa shape index (κ3) is 4.38. The molecule has 4 heteroatoms. The summed E-state index contributed by atoms with van der Waals surface area (Å²) >= 11 is 0. The quantitative estimate of drug-likeness (QED) is 0.179. The molecule has 0 fully saturated rings. The number of fused-ring (bicyclic) bond motifs is 7. The van der Waals surface area contributed by atoms with Gasteiger partial charge in [0.15, 0.2) is 0 Å². The molecule has 238 valence electrons. The Morgan fingerprint density at radius 1 is 0.540 bits per heavy atom. The van der Waals surface area contributed by atoms with E-state index >= 15 is 0 Å². The van der Waals surface area contributed by atoms with Crippen LogP contribution in [-0.2, 0) is 7.05 Å². The van der Waals surface area contributed by atoms with Crippen molar-refractivity contribution in [2.24, 2.45) is 12.0 Å². The highest BCUT2D eigenvalue weighted by atomic mass is 15.3. The van der Waals surface area contributed by atoms with E-state index in [-0.39, 0.29) is 12.1 Å². The molecule has 0 N–H and O–H groups in total. The minimum absolute atomic E-state index is 0.180. The number of allylic oxidation sites excluding steroid dienone is 2. The Morgan fingerprint density at radius 2 is 1.08 bits per heavy atom. The maximum absolute atomic E-state index is 5.06. The minimum atomic E-state index is 0.180. The van der Waals surface area contributed by atoms with Crippen molar-refractivity contribution in [2.45, 2.75) is 12.1 Å². The number of likely N-dealkylation sites (N-methyl/N-ethyl adjacent to an activating group) is 1. The zero-order valence-electron chi connectivity index (χ0n) is 28.0. The number of aliphatic imine (C=N–C) groups is 1. The zero-order chi connectivity index (χ0) is 33.3. The second-order valence-corrected chi connectivity index (χ2v) is 13.5. The fourth-order valence-corrected chi connectivity index (χ4v) is 8.17. The second-order valence-electron chi connectivity index (χ2n) is 13.5. The average molecular weight is 643 g/mol. The standard InChI is InChI=1S/C46H34N4/c1-49-42-17-9-7-15-40(42)47-45(49)31-23-19-29(20-24-31)38-27-33-28-39(35-12-4-6-14-37(35)44(33)36-13-5-3-11-34(36)38)30-21-25-32(26-22-30)46-48-41-16-8-10-18-43(41)50(46)2/h3-28,40,42H,1-2H3. The van der Waals surface area contributed by atoms with Crippen LogP contribution in [-0.4, -0.2) is 39.4 Å². The van der Waals surface area contributed by atoms with Crippen molar-refractivity contribution in [3.8, 4) is 33.6 Å². The number of hydrogen-bond donors (Lipinski definition) is 0. The number of benzene rings is 7. The lowest BCUT2D eigenvalue weighted by Crippen LogP contribution is -2.35. The largest absolute Gasteiger partial charge is 0.351 e. The lowest BCUT2D eigenvalue weighted by molar-refractivity contribution is 0.437. The molecule has 2 aliphatic rings. The van der Waals surface area contributed by atoms with E-state index in [2.05, 4.69) is 175 Å². The molecule has 0 amide bonds. The summed E-state index contributed by atoms with van der Waals surface area (Å²) in [5, 5.41) is 7.58. The maximum Gasteiger partial charge on any atom is 0.140 e. The number of imidazole rings is 1. The molecule has 2 atom stereocenters.